The Balaban J connectivity index is 1.71. The Kier molecular flexibility index (Phi) is 9.07. The molecular formula is C24H32F4N6O2. The van der Waals surface area contributed by atoms with Crippen molar-refractivity contribution >= 4 is 17.5 Å². The van der Waals surface area contributed by atoms with E-state index in [4.69, 9.17) is 5.73 Å². The molecule has 0 radical (unpaired) electrons. The summed E-state index contributed by atoms with van der Waals surface area (Å²) in [6.07, 6.45) is -3.32. The van der Waals surface area contributed by atoms with Crippen molar-refractivity contribution in [2.24, 2.45) is 17.6 Å². The highest BCUT2D eigenvalue weighted by Gasteiger charge is 2.31. The van der Waals surface area contributed by atoms with Gasteiger partial charge < -0.3 is 21.1 Å². The van der Waals surface area contributed by atoms with Crippen molar-refractivity contribution in [3.8, 4) is 0 Å². The lowest BCUT2D eigenvalue weighted by Crippen LogP contribution is -2.48. The third-order valence-corrected chi connectivity index (χ3v) is 6.03. The number of aliphatic hydroxyl groups is 1. The minimum atomic E-state index is -4.43. The zero-order chi connectivity index (χ0) is 26.5. The molecular weight excluding hydrogens is 480 g/mol. The molecule has 0 spiro atoms. The summed E-state index contributed by atoms with van der Waals surface area (Å²) in [5.41, 5.74) is 5.05. The molecule has 1 amide bonds. The summed E-state index contributed by atoms with van der Waals surface area (Å²) in [4.78, 5) is 22.7. The van der Waals surface area contributed by atoms with Gasteiger partial charge in [-0.1, -0.05) is 26.0 Å². The summed E-state index contributed by atoms with van der Waals surface area (Å²) >= 11 is 0. The average Bonchev–Trinajstić information content (AvgIpc) is 2.78. The second-order valence-corrected chi connectivity index (χ2v) is 9.53. The van der Waals surface area contributed by atoms with E-state index in [1.54, 1.807) is 9.80 Å². The second-order valence-electron chi connectivity index (χ2n) is 9.53. The molecule has 0 saturated carbocycles. The molecule has 8 nitrogen and oxygen atoms in total. The van der Waals surface area contributed by atoms with Gasteiger partial charge in [-0.05, 0) is 36.6 Å². The number of aromatic nitrogens is 2. The highest BCUT2D eigenvalue weighted by molar-refractivity contribution is 5.75. The van der Waals surface area contributed by atoms with E-state index in [1.807, 2.05) is 13.8 Å². The van der Waals surface area contributed by atoms with Gasteiger partial charge >= 0.3 is 6.18 Å². The molecule has 36 heavy (non-hydrogen) atoms. The lowest BCUT2D eigenvalue weighted by molar-refractivity contribution is -0.137. The molecule has 3 rings (SSSR count). The van der Waals surface area contributed by atoms with Crippen molar-refractivity contribution in [3.05, 3.63) is 47.5 Å². The molecule has 12 heteroatoms. The Bertz CT molecular complexity index is 1020. The number of nitrogens with two attached hydrogens (primary N) is 1. The summed E-state index contributed by atoms with van der Waals surface area (Å²) in [6.45, 7) is 5.70. The van der Waals surface area contributed by atoms with Gasteiger partial charge in [0, 0.05) is 32.1 Å². The van der Waals surface area contributed by atoms with Crippen LogP contribution in [0.2, 0.25) is 0 Å². The van der Waals surface area contributed by atoms with Crippen LogP contribution in [0.15, 0.2) is 30.6 Å². The smallest absolute Gasteiger partial charge is 0.391 e. The summed E-state index contributed by atoms with van der Waals surface area (Å²) in [5, 5.41) is 13.4. The Hall–Kier alpha value is -2.99. The first kappa shape index (κ1) is 27.6. The molecule has 1 saturated heterocycles. The minimum absolute atomic E-state index is 0.0204. The lowest BCUT2D eigenvalue weighted by atomic mass is 9.93. The van der Waals surface area contributed by atoms with Crippen molar-refractivity contribution in [3.63, 3.8) is 0 Å². The largest absolute Gasteiger partial charge is 0.416 e. The number of nitrogens with one attached hydrogen (secondary N) is 1. The van der Waals surface area contributed by atoms with Crippen molar-refractivity contribution in [2.45, 2.75) is 39.1 Å². The highest BCUT2D eigenvalue weighted by Crippen LogP contribution is 2.30. The fourth-order valence-corrected chi connectivity index (χ4v) is 4.27. The molecule has 0 unspecified atom stereocenters. The van der Waals surface area contributed by atoms with E-state index in [-0.39, 0.29) is 43.1 Å². The molecule has 1 aliphatic rings. The molecule has 2 aromatic rings. The fourth-order valence-electron chi connectivity index (χ4n) is 4.27. The molecule has 0 bridgehead atoms. The predicted molar refractivity (Wildman–Crippen MR) is 128 cm³/mol. The quantitative estimate of drug-likeness (QED) is 0.420. The number of aliphatic hydroxyl groups excluding tert-OH is 1. The first-order valence-electron chi connectivity index (χ1n) is 11.8. The number of β-amino-alcohol motifs (C(OH)–C–C–N with tert-alkyl or cyclic N) is 1. The van der Waals surface area contributed by atoms with Gasteiger partial charge in [0.15, 0.2) is 11.6 Å². The maximum Gasteiger partial charge on any atom is 0.416 e. The number of piperidine rings is 1. The van der Waals surface area contributed by atoms with Crippen LogP contribution in [-0.4, -0.2) is 64.7 Å². The maximum atomic E-state index is 15.5. The Morgan fingerprint density at radius 2 is 1.97 bits per heavy atom. The summed E-state index contributed by atoms with van der Waals surface area (Å²) in [5.74, 6) is -1.16. The van der Waals surface area contributed by atoms with E-state index in [1.165, 1.54) is 18.5 Å². The van der Waals surface area contributed by atoms with E-state index in [0.717, 1.165) is 12.1 Å². The summed E-state index contributed by atoms with van der Waals surface area (Å²) in [6, 6.07) is 4.76. The molecule has 2 heterocycles. The van der Waals surface area contributed by atoms with Crippen LogP contribution in [0.3, 0.4) is 0 Å². The highest BCUT2D eigenvalue weighted by atomic mass is 19.4. The van der Waals surface area contributed by atoms with Crippen LogP contribution < -0.4 is 16.0 Å². The molecule has 198 valence electrons. The standard InChI is InChI=1S/C24H32F4N6O2/c1-15(2)10-34(11-16-3-5-18(6-4-16)24(26,27)28)23-21(25)22(31-14-32-23)30-9-17-7-8-33(12-19(17)35)13-20(29)36/h3-6,14-15,17,19,35H,7-13H2,1-2H3,(H2,29,36)(H,30,31,32)/t17-,19+/m1/s1. The minimum Gasteiger partial charge on any atom is -0.391 e. The van der Waals surface area contributed by atoms with E-state index in [0.29, 0.717) is 31.6 Å². The zero-order valence-corrected chi connectivity index (χ0v) is 20.3. The third-order valence-electron chi connectivity index (χ3n) is 6.03. The molecule has 1 aliphatic heterocycles. The molecule has 2 atom stereocenters. The first-order chi connectivity index (χ1) is 16.9. The number of alkyl halides is 3. The molecule has 1 aromatic heterocycles. The van der Waals surface area contributed by atoms with Crippen LogP contribution in [0.4, 0.5) is 29.2 Å². The zero-order valence-electron chi connectivity index (χ0n) is 20.3. The van der Waals surface area contributed by atoms with Gasteiger partial charge in [-0.3, -0.25) is 9.69 Å². The number of primary amides is 1. The summed E-state index contributed by atoms with van der Waals surface area (Å²) in [7, 11) is 0. The van der Waals surface area contributed by atoms with Crippen LogP contribution >= 0.6 is 0 Å². The lowest BCUT2D eigenvalue weighted by Gasteiger charge is -2.35. The van der Waals surface area contributed by atoms with Crippen LogP contribution in [0.25, 0.3) is 0 Å². The molecule has 4 N–H and O–H groups in total. The van der Waals surface area contributed by atoms with Crippen molar-refractivity contribution < 1.29 is 27.5 Å². The van der Waals surface area contributed by atoms with E-state index < -0.39 is 29.6 Å². The van der Waals surface area contributed by atoms with Crippen molar-refractivity contribution in [2.75, 3.05) is 42.9 Å². The summed E-state index contributed by atoms with van der Waals surface area (Å²) < 4.78 is 54.1. The van der Waals surface area contributed by atoms with Gasteiger partial charge in [0.2, 0.25) is 11.7 Å². The van der Waals surface area contributed by atoms with Gasteiger partial charge in [-0.2, -0.15) is 17.6 Å². The normalized spacial score (nSPS) is 18.9. The van der Waals surface area contributed by atoms with Crippen LogP contribution in [0, 0.1) is 17.7 Å². The maximum absolute atomic E-state index is 15.5. The van der Waals surface area contributed by atoms with E-state index in [9.17, 15) is 23.1 Å². The number of amides is 1. The average molecular weight is 513 g/mol. The predicted octanol–water partition coefficient (Wildman–Crippen LogP) is 2.88. The van der Waals surface area contributed by atoms with Crippen LogP contribution in [-0.2, 0) is 17.5 Å². The number of benzene rings is 1. The number of carbonyl (C=O) groups excluding carboxylic acids is 1. The number of halogens is 4. The third kappa shape index (κ3) is 7.50. The SMILES string of the molecule is CC(C)CN(Cc1ccc(C(F)(F)F)cc1)c1ncnc(NC[C@H]2CCN(CC(N)=O)C[C@@H]2O)c1F. The van der Waals surface area contributed by atoms with Crippen molar-refractivity contribution in [1.29, 1.82) is 0 Å². The number of anilines is 2. The van der Waals surface area contributed by atoms with Gasteiger partial charge in [0.25, 0.3) is 0 Å². The van der Waals surface area contributed by atoms with E-state index >= 15 is 4.39 Å². The number of hydrogen-bond donors (Lipinski definition) is 3. The van der Waals surface area contributed by atoms with Crippen LogP contribution in [0.5, 0.6) is 0 Å². The van der Waals surface area contributed by atoms with Gasteiger partial charge in [0.05, 0.1) is 18.2 Å². The van der Waals surface area contributed by atoms with Gasteiger partial charge in [-0.25, -0.2) is 9.97 Å². The molecule has 0 aliphatic carbocycles. The molecule has 1 fully saturated rings. The monoisotopic (exact) mass is 512 g/mol. The Morgan fingerprint density at radius 1 is 1.28 bits per heavy atom. The Labute approximate surface area is 207 Å². The topological polar surface area (TPSA) is 108 Å². The number of nitrogens with zero attached hydrogens (tertiary/aromatic N) is 4. The van der Waals surface area contributed by atoms with Gasteiger partial charge in [-0.15, -0.1) is 0 Å². The number of hydrogen-bond acceptors (Lipinski definition) is 7. The number of carbonyl (C=O) groups is 1. The fraction of sp³-hybridized carbons (Fsp3) is 0.542. The first-order valence-corrected chi connectivity index (χ1v) is 11.8. The van der Waals surface area contributed by atoms with E-state index in [2.05, 4.69) is 15.3 Å². The molecule has 1 aromatic carbocycles. The Morgan fingerprint density at radius 3 is 2.56 bits per heavy atom. The number of likely N-dealkylation sites (tertiary alicyclic amines) is 1. The second kappa shape index (κ2) is 11.8. The van der Waals surface area contributed by atoms with Crippen LogP contribution in [0.1, 0.15) is 31.4 Å². The van der Waals surface area contributed by atoms with Gasteiger partial charge in [0.1, 0.15) is 6.33 Å². The number of rotatable bonds is 10. The van der Waals surface area contributed by atoms with Crippen molar-refractivity contribution in [1.82, 2.24) is 14.9 Å².